The maximum atomic E-state index is 13.1. The zero-order valence-corrected chi connectivity index (χ0v) is 15.4. The highest BCUT2D eigenvalue weighted by atomic mass is 35.5. The first kappa shape index (κ1) is 19.2. The van der Waals surface area contributed by atoms with Crippen LogP contribution >= 0.6 is 11.6 Å². The number of benzene rings is 2. The number of rotatable bonds is 6. The molecule has 0 aliphatic rings. The molecule has 1 amide bonds. The average Bonchev–Trinajstić information content (AvgIpc) is 2.49. The summed E-state index contributed by atoms with van der Waals surface area (Å²) in [5.74, 6) is -0.885. The van der Waals surface area contributed by atoms with E-state index in [-0.39, 0.29) is 13.0 Å². The molecule has 2 aromatic rings. The smallest absolute Gasteiger partial charge is 0.232 e. The minimum atomic E-state index is -3.60. The molecule has 0 aliphatic carbocycles. The monoisotopic (exact) mass is 384 g/mol. The van der Waals surface area contributed by atoms with Crippen LogP contribution < -0.4 is 9.62 Å². The summed E-state index contributed by atoms with van der Waals surface area (Å²) in [6, 6.07) is 10.4. The minimum Gasteiger partial charge on any atom is -0.326 e. The minimum absolute atomic E-state index is 0.0544. The molecule has 0 unspecified atom stereocenters. The highest BCUT2D eigenvalue weighted by Gasteiger charge is 2.20. The quantitative estimate of drug-likeness (QED) is 0.827. The third-order valence-electron chi connectivity index (χ3n) is 3.49. The summed E-state index contributed by atoms with van der Waals surface area (Å²) in [6.07, 6.45) is 0.980. The number of amides is 1. The van der Waals surface area contributed by atoms with Crippen LogP contribution in [0, 0.1) is 12.7 Å². The van der Waals surface area contributed by atoms with Crippen molar-refractivity contribution in [3.05, 3.63) is 58.9 Å². The molecule has 0 atom stereocenters. The molecule has 0 aromatic heterocycles. The van der Waals surface area contributed by atoms with E-state index in [9.17, 15) is 17.6 Å². The molecule has 0 heterocycles. The lowest BCUT2D eigenvalue weighted by molar-refractivity contribution is -0.116. The van der Waals surface area contributed by atoms with Crippen molar-refractivity contribution in [3.63, 3.8) is 0 Å². The van der Waals surface area contributed by atoms with Crippen LogP contribution in [0.25, 0.3) is 0 Å². The lowest BCUT2D eigenvalue weighted by Gasteiger charge is -2.24. The Balaban J connectivity index is 2.13. The molecule has 0 saturated heterocycles. The van der Waals surface area contributed by atoms with Crippen LogP contribution in [0.15, 0.2) is 42.5 Å². The van der Waals surface area contributed by atoms with Crippen molar-refractivity contribution in [1.82, 2.24) is 0 Å². The van der Waals surface area contributed by atoms with Crippen molar-refractivity contribution >= 4 is 38.9 Å². The predicted molar refractivity (Wildman–Crippen MR) is 98.0 cm³/mol. The molecule has 8 heteroatoms. The molecule has 134 valence electrons. The maximum absolute atomic E-state index is 13.1. The fraction of sp³-hybridized carbons (Fsp3) is 0.235. The van der Waals surface area contributed by atoms with Crippen LogP contribution in [0.1, 0.15) is 12.0 Å². The van der Waals surface area contributed by atoms with E-state index < -0.39 is 21.7 Å². The molecule has 0 bridgehead atoms. The number of hydrogen-bond donors (Lipinski definition) is 1. The number of halogens is 2. The Hall–Kier alpha value is -2.12. The summed E-state index contributed by atoms with van der Waals surface area (Å²) in [6.45, 7) is 1.71. The summed E-state index contributed by atoms with van der Waals surface area (Å²) < 4.78 is 38.5. The molecule has 25 heavy (non-hydrogen) atoms. The van der Waals surface area contributed by atoms with Gasteiger partial charge < -0.3 is 5.32 Å². The van der Waals surface area contributed by atoms with E-state index in [1.165, 1.54) is 18.2 Å². The van der Waals surface area contributed by atoms with Gasteiger partial charge >= 0.3 is 0 Å². The Morgan fingerprint density at radius 2 is 1.96 bits per heavy atom. The average molecular weight is 385 g/mol. The van der Waals surface area contributed by atoms with E-state index in [0.29, 0.717) is 16.4 Å². The summed E-state index contributed by atoms with van der Waals surface area (Å²) in [7, 11) is -3.60. The van der Waals surface area contributed by atoms with E-state index in [2.05, 4.69) is 5.32 Å². The van der Waals surface area contributed by atoms with Gasteiger partial charge in [-0.2, -0.15) is 0 Å². The van der Waals surface area contributed by atoms with Gasteiger partial charge in [0.25, 0.3) is 0 Å². The molecule has 0 fully saturated rings. The molecule has 0 spiro atoms. The van der Waals surface area contributed by atoms with Crippen LogP contribution in [0.5, 0.6) is 0 Å². The molecular weight excluding hydrogens is 367 g/mol. The van der Waals surface area contributed by atoms with Crippen molar-refractivity contribution in [2.75, 3.05) is 22.4 Å². The lowest BCUT2D eigenvalue weighted by Crippen LogP contribution is -2.33. The zero-order valence-electron chi connectivity index (χ0n) is 13.8. The fourth-order valence-corrected chi connectivity index (χ4v) is 3.45. The second-order valence-corrected chi connectivity index (χ2v) is 7.92. The first-order valence-corrected chi connectivity index (χ1v) is 9.69. The van der Waals surface area contributed by atoms with E-state index in [1.54, 1.807) is 31.2 Å². The van der Waals surface area contributed by atoms with Crippen LogP contribution in [-0.2, 0) is 14.8 Å². The van der Waals surface area contributed by atoms with Crippen molar-refractivity contribution in [2.24, 2.45) is 0 Å². The first-order chi connectivity index (χ1) is 11.7. The van der Waals surface area contributed by atoms with Crippen molar-refractivity contribution in [2.45, 2.75) is 13.3 Å². The number of aryl methyl sites for hydroxylation is 1. The number of sulfonamides is 1. The lowest BCUT2D eigenvalue weighted by atomic mass is 10.2. The van der Waals surface area contributed by atoms with Gasteiger partial charge in [-0.05, 0) is 42.8 Å². The molecule has 0 aliphatic heterocycles. The number of hydrogen-bond acceptors (Lipinski definition) is 3. The van der Waals surface area contributed by atoms with Gasteiger partial charge in [0.1, 0.15) is 5.82 Å². The predicted octanol–water partition coefficient (Wildman–Crippen LogP) is 3.58. The van der Waals surface area contributed by atoms with Crippen LogP contribution in [-0.4, -0.2) is 27.1 Å². The van der Waals surface area contributed by atoms with Gasteiger partial charge in [0.05, 0.1) is 11.9 Å². The highest BCUT2D eigenvalue weighted by Crippen LogP contribution is 2.26. The summed E-state index contributed by atoms with van der Waals surface area (Å²) in [4.78, 5) is 12.1. The molecule has 2 rings (SSSR count). The van der Waals surface area contributed by atoms with Gasteiger partial charge in [0.2, 0.25) is 15.9 Å². The first-order valence-electron chi connectivity index (χ1n) is 7.46. The van der Waals surface area contributed by atoms with E-state index in [4.69, 9.17) is 11.6 Å². The number of carbonyl (C=O) groups excluding carboxylic acids is 1. The standard InChI is InChI=1S/C17H18ClFN2O3S/c1-12-6-7-13(18)10-16(12)21(25(2,23)24)9-8-17(22)20-15-5-3-4-14(19)11-15/h3-7,10-11H,8-9H2,1-2H3,(H,20,22). The van der Waals surface area contributed by atoms with Gasteiger partial charge in [-0.1, -0.05) is 23.7 Å². The van der Waals surface area contributed by atoms with E-state index in [0.717, 1.165) is 16.1 Å². The largest absolute Gasteiger partial charge is 0.326 e. The number of anilines is 2. The number of nitrogens with one attached hydrogen (secondary N) is 1. The molecule has 2 aromatic carbocycles. The Morgan fingerprint density at radius 3 is 2.60 bits per heavy atom. The summed E-state index contributed by atoms with van der Waals surface area (Å²) in [5, 5.41) is 2.94. The number of carbonyl (C=O) groups is 1. The zero-order chi connectivity index (χ0) is 18.6. The van der Waals surface area contributed by atoms with E-state index in [1.807, 2.05) is 0 Å². The third kappa shape index (κ3) is 5.44. The number of nitrogens with zero attached hydrogens (tertiary/aromatic N) is 1. The molecule has 0 saturated carbocycles. The van der Waals surface area contributed by atoms with Crippen LogP contribution in [0.2, 0.25) is 5.02 Å². The summed E-state index contributed by atoms with van der Waals surface area (Å²) >= 11 is 5.96. The van der Waals surface area contributed by atoms with Crippen molar-refractivity contribution in [1.29, 1.82) is 0 Å². The maximum Gasteiger partial charge on any atom is 0.232 e. The van der Waals surface area contributed by atoms with Crippen LogP contribution in [0.4, 0.5) is 15.8 Å². The molecular formula is C17H18ClFN2O3S. The second kappa shape index (κ2) is 7.84. The van der Waals surface area contributed by atoms with Gasteiger partial charge in [0.15, 0.2) is 0 Å². The third-order valence-corrected chi connectivity index (χ3v) is 4.91. The summed E-state index contributed by atoms with van der Waals surface area (Å²) in [5.41, 5.74) is 1.46. The van der Waals surface area contributed by atoms with Gasteiger partial charge in [0, 0.05) is 23.7 Å². The van der Waals surface area contributed by atoms with Gasteiger partial charge in [-0.15, -0.1) is 0 Å². The highest BCUT2D eigenvalue weighted by molar-refractivity contribution is 7.92. The Kier molecular flexibility index (Phi) is 6.02. The second-order valence-electron chi connectivity index (χ2n) is 5.57. The molecule has 0 radical (unpaired) electrons. The Morgan fingerprint density at radius 1 is 1.24 bits per heavy atom. The van der Waals surface area contributed by atoms with Gasteiger partial charge in [-0.25, -0.2) is 12.8 Å². The molecule has 5 nitrogen and oxygen atoms in total. The Bertz CT molecular complexity index is 887. The van der Waals surface area contributed by atoms with Crippen LogP contribution in [0.3, 0.4) is 0 Å². The normalized spacial score (nSPS) is 11.2. The fourth-order valence-electron chi connectivity index (χ4n) is 2.31. The SMILES string of the molecule is Cc1ccc(Cl)cc1N(CCC(=O)Nc1cccc(F)c1)S(C)(=O)=O. The van der Waals surface area contributed by atoms with Crippen molar-refractivity contribution in [3.8, 4) is 0 Å². The molecule has 1 N–H and O–H groups in total. The van der Waals surface area contributed by atoms with E-state index >= 15 is 0 Å². The Labute approximate surface area is 151 Å². The van der Waals surface area contributed by atoms with Crippen molar-refractivity contribution < 1.29 is 17.6 Å². The van der Waals surface area contributed by atoms with Gasteiger partial charge in [-0.3, -0.25) is 9.10 Å². The topological polar surface area (TPSA) is 66.5 Å².